The molecule has 0 bridgehead atoms. The van der Waals surface area contributed by atoms with Gasteiger partial charge in [-0.2, -0.15) is 13.9 Å². The molecular formula is C9H12F4N2. The Balaban J connectivity index is 2.73. The monoisotopic (exact) mass is 224 g/mol. The van der Waals surface area contributed by atoms with Gasteiger partial charge in [-0.05, 0) is 12.0 Å². The Morgan fingerprint density at radius 3 is 2.40 bits per heavy atom. The maximum atomic E-state index is 12.6. The summed E-state index contributed by atoms with van der Waals surface area (Å²) in [6, 6.07) is 1.55. The van der Waals surface area contributed by atoms with Gasteiger partial charge in [-0.1, -0.05) is 13.8 Å². The van der Waals surface area contributed by atoms with Gasteiger partial charge in [0, 0.05) is 6.20 Å². The Bertz CT molecular complexity index is 320. The standard InChI is InChI=1S/C9H12F4N2/c1-6(2)7-3-4-15(14-7)5-9(12,13)8(10)11/h3-4,6,8H,5H2,1-2H3. The van der Waals surface area contributed by atoms with E-state index in [1.165, 1.54) is 6.20 Å². The van der Waals surface area contributed by atoms with Gasteiger partial charge in [-0.25, -0.2) is 8.78 Å². The van der Waals surface area contributed by atoms with Crippen molar-refractivity contribution in [2.24, 2.45) is 0 Å². The van der Waals surface area contributed by atoms with Crippen LogP contribution < -0.4 is 0 Å². The van der Waals surface area contributed by atoms with Gasteiger partial charge in [-0.3, -0.25) is 4.68 Å². The van der Waals surface area contributed by atoms with E-state index < -0.39 is 18.9 Å². The summed E-state index contributed by atoms with van der Waals surface area (Å²) in [4.78, 5) is 0. The molecule has 0 aliphatic carbocycles. The molecule has 0 spiro atoms. The first-order chi connectivity index (χ1) is 6.83. The molecule has 0 radical (unpaired) electrons. The second-order valence-electron chi connectivity index (χ2n) is 3.65. The quantitative estimate of drug-likeness (QED) is 0.719. The molecule has 1 aromatic rings. The van der Waals surface area contributed by atoms with Gasteiger partial charge >= 0.3 is 12.3 Å². The average Bonchev–Trinajstić information content (AvgIpc) is 2.51. The largest absolute Gasteiger partial charge is 0.326 e. The molecule has 0 saturated carbocycles. The molecule has 1 rings (SSSR count). The van der Waals surface area contributed by atoms with E-state index in [-0.39, 0.29) is 5.92 Å². The first-order valence-electron chi connectivity index (χ1n) is 4.52. The molecular weight excluding hydrogens is 212 g/mol. The summed E-state index contributed by atoms with van der Waals surface area (Å²) in [6.07, 6.45) is -2.38. The van der Waals surface area contributed by atoms with Gasteiger partial charge in [0.05, 0.1) is 5.69 Å². The van der Waals surface area contributed by atoms with Crippen molar-refractivity contribution < 1.29 is 17.6 Å². The van der Waals surface area contributed by atoms with Crippen molar-refractivity contribution in [1.82, 2.24) is 9.78 Å². The van der Waals surface area contributed by atoms with E-state index in [0.29, 0.717) is 5.69 Å². The highest BCUT2D eigenvalue weighted by Crippen LogP contribution is 2.24. The second kappa shape index (κ2) is 4.20. The first-order valence-corrected chi connectivity index (χ1v) is 4.52. The SMILES string of the molecule is CC(C)c1ccn(CC(F)(F)C(F)F)n1. The van der Waals surface area contributed by atoms with Crippen LogP contribution in [0, 0.1) is 0 Å². The molecule has 1 heterocycles. The Kier molecular flexibility index (Phi) is 3.36. The van der Waals surface area contributed by atoms with E-state index in [1.54, 1.807) is 6.07 Å². The van der Waals surface area contributed by atoms with E-state index in [0.717, 1.165) is 4.68 Å². The summed E-state index contributed by atoms with van der Waals surface area (Å²) in [5.41, 5.74) is 0.611. The molecule has 2 nitrogen and oxygen atoms in total. The van der Waals surface area contributed by atoms with Crippen molar-refractivity contribution in [2.75, 3.05) is 0 Å². The van der Waals surface area contributed by atoms with Crippen LogP contribution in [0.4, 0.5) is 17.6 Å². The van der Waals surface area contributed by atoms with Crippen LogP contribution in [0.2, 0.25) is 0 Å². The minimum atomic E-state index is -4.03. The second-order valence-corrected chi connectivity index (χ2v) is 3.65. The summed E-state index contributed by atoms with van der Waals surface area (Å²) in [7, 11) is 0. The third kappa shape index (κ3) is 2.94. The summed E-state index contributed by atoms with van der Waals surface area (Å²) in [5, 5.41) is 3.78. The molecule has 0 atom stereocenters. The summed E-state index contributed by atoms with van der Waals surface area (Å²) in [5.74, 6) is -3.94. The maximum absolute atomic E-state index is 12.6. The van der Waals surface area contributed by atoms with Crippen molar-refractivity contribution >= 4 is 0 Å². The molecule has 0 amide bonds. The molecule has 0 aliphatic heterocycles. The van der Waals surface area contributed by atoms with Gasteiger partial charge in [0.1, 0.15) is 6.54 Å². The highest BCUT2D eigenvalue weighted by molar-refractivity contribution is 5.03. The lowest BCUT2D eigenvalue weighted by Gasteiger charge is -2.14. The first kappa shape index (κ1) is 12.0. The van der Waals surface area contributed by atoms with Gasteiger partial charge in [0.2, 0.25) is 0 Å². The topological polar surface area (TPSA) is 17.8 Å². The van der Waals surface area contributed by atoms with Crippen LogP contribution in [0.15, 0.2) is 12.3 Å². The Hall–Kier alpha value is -1.07. The lowest BCUT2D eigenvalue weighted by Crippen LogP contribution is -2.32. The normalized spacial score (nSPS) is 12.8. The molecule has 0 unspecified atom stereocenters. The van der Waals surface area contributed by atoms with Crippen LogP contribution in [0.3, 0.4) is 0 Å². The van der Waals surface area contributed by atoms with Crippen LogP contribution in [-0.4, -0.2) is 22.1 Å². The Morgan fingerprint density at radius 2 is 2.00 bits per heavy atom. The number of halogens is 4. The fraction of sp³-hybridized carbons (Fsp3) is 0.667. The van der Waals surface area contributed by atoms with E-state index in [1.807, 2.05) is 13.8 Å². The highest BCUT2D eigenvalue weighted by Gasteiger charge is 2.41. The zero-order chi connectivity index (χ0) is 11.6. The predicted octanol–water partition coefficient (Wildman–Crippen LogP) is 2.91. The van der Waals surface area contributed by atoms with E-state index in [9.17, 15) is 17.6 Å². The number of aromatic nitrogens is 2. The smallest absolute Gasteiger partial charge is 0.266 e. The third-order valence-corrected chi connectivity index (χ3v) is 1.94. The molecule has 0 aliphatic rings. The summed E-state index contributed by atoms with van der Waals surface area (Å²) < 4.78 is 49.9. The van der Waals surface area contributed by atoms with Gasteiger partial charge in [0.25, 0.3) is 0 Å². The lowest BCUT2D eigenvalue weighted by atomic mass is 10.1. The molecule has 1 aromatic heterocycles. The number of hydrogen-bond acceptors (Lipinski definition) is 1. The van der Waals surface area contributed by atoms with Gasteiger partial charge in [0.15, 0.2) is 0 Å². The minimum Gasteiger partial charge on any atom is -0.266 e. The molecule has 6 heteroatoms. The summed E-state index contributed by atoms with van der Waals surface area (Å²) in [6.45, 7) is 2.60. The van der Waals surface area contributed by atoms with Gasteiger partial charge in [-0.15, -0.1) is 0 Å². The van der Waals surface area contributed by atoms with Crippen LogP contribution >= 0.6 is 0 Å². The zero-order valence-corrected chi connectivity index (χ0v) is 8.42. The highest BCUT2D eigenvalue weighted by atomic mass is 19.3. The van der Waals surface area contributed by atoms with Crippen LogP contribution in [0.5, 0.6) is 0 Å². The van der Waals surface area contributed by atoms with E-state index in [4.69, 9.17) is 0 Å². The third-order valence-electron chi connectivity index (χ3n) is 1.94. The van der Waals surface area contributed by atoms with Crippen molar-refractivity contribution in [3.63, 3.8) is 0 Å². The van der Waals surface area contributed by atoms with Crippen LogP contribution in [0.1, 0.15) is 25.5 Å². The Labute approximate surface area is 84.9 Å². The van der Waals surface area contributed by atoms with Crippen molar-refractivity contribution in [3.05, 3.63) is 18.0 Å². The fourth-order valence-corrected chi connectivity index (χ4v) is 1.06. The van der Waals surface area contributed by atoms with Gasteiger partial charge < -0.3 is 0 Å². The maximum Gasteiger partial charge on any atom is 0.326 e. The number of alkyl halides is 4. The lowest BCUT2D eigenvalue weighted by molar-refractivity contribution is -0.139. The van der Waals surface area contributed by atoms with Crippen molar-refractivity contribution in [2.45, 2.75) is 38.7 Å². The predicted molar refractivity (Wildman–Crippen MR) is 47.3 cm³/mol. The van der Waals surface area contributed by atoms with Crippen molar-refractivity contribution in [1.29, 1.82) is 0 Å². The number of nitrogens with zero attached hydrogens (tertiary/aromatic N) is 2. The van der Waals surface area contributed by atoms with E-state index in [2.05, 4.69) is 5.10 Å². The van der Waals surface area contributed by atoms with Crippen molar-refractivity contribution in [3.8, 4) is 0 Å². The number of hydrogen-bond donors (Lipinski definition) is 0. The molecule has 86 valence electrons. The van der Waals surface area contributed by atoms with E-state index >= 15 is 0 Å². The average molecular weight is 224 g/mol. The van der Waals surface area contributed by atoms with Crippen LogP contribution in [0.25, 0.3) is 0 Å². The molecule has 0 saturated heterocycles. The fourth-order valence-electron chi connectivity index (χ4n) is 1.06. The molecule has 0 fully saturated rings. The molecule has 15 heavy (non-hydrogen) atoms. The van der Waals surface area contributed by atoms with Crippen LogP contribution in [-0.2, 0) is 6.54 Å². The number of rotatable bonds is 4. The Morgan fingerprint density at radius 1 is 1.40 bits per heavy atom. The summed E-state index contributed by atoms with van der Waals surface area (Å²) >= 11 is 0. The zero-order valence-electron chi connectivity index (χ0n) is 8.42. The molecule has 0 N–H and O–H groups in total. The molecule has 0 aromatic carbocycles. The minimum absolute atomic E-state index is 0.0893.